The van der Waals surface area contributed by atoms with Crippen molar-refractivity contribution in [2.45, 2.75) is 24.3 Å². The number of aliphatic hydroxyl groups excluding tert-OH is 1. The second-order valence-corrected chi connectivity index (χ2v) is 9.21. The van der Waals surface area contributed by atoms with Crippen LogP contribution in [0.2, 0.25) is 0 Å². The number of aryl methyl sites for hydroxylation is 1. The number of hydrogen-bond donors (Lipinski definition) is 2. The van der Waals surface area contributed by atoms with Gasteiger partial charge in [0.25, 0.3) is 0 Å². The summed E-state index contributed by atoms with van der Waals surface area (Å²) in [5.41, 5.74) is 4.47. The molecule has 1 atom stereocenters. The molecule has 3 heterocycles. The Hall–Kier alpha value is -4.42. The molecule has 0 bridgehead atoms. The van der Waals surface area contributed by atoms with Gasteiger partial charge in [-0.05, 0) is 49.7 Å². The molecule has 35 heavy (non-hydrogen) atoms. The Labute approximate surface area is 206 Å². The van der Waals surface area contributed by atoms with E-state index in [4.69, 9.17) is 0 Å². The van der Waals surface area contributed by atoms with Crippen LogP contribution in [0.1, 0.15) is 18.3 Å². The van der Waals surface area contributed by atoms with E-state index >= 15 is 0 Å². The fraction of sp³-hybridized carbons (Fsp3) is 0.115. The van der Waals surface area contributed by atoms with Crippen LogP contribution in [0.15, 0.2) is 84.0 Å². The first-order chi connectivity index (χ1) is 17.1. The third-order valence-electron chi connectivity index (χ3n) is 5.59. The minimum atomic E-state index is -0.491. The zero-order chi connectivity index (χ0) is 24.4. The number of nitrogens with zero attached hydrogens (tertiary/aromatic N) is 6. The number of nitriles is 1. The van der Waals surface area contributed by atoms with E-state index in [1.54, 1.807) is 12.4 Å². The van der Waals surface area contributed by atoms with E-state index < -0.39 is 5.25 Å². The standard InChI is InChI=1S/C26H21N7OS/c1-16-7-3-6-10-22(16)33-25(18-11-13-28-14-12-18)31-32-26(33)35-17(2)23(34)19(15-27)24-29-20-8-4-5-9-21(20)30-24/h3-14,17,34H,1-2H3,(H,29,30)/b23-19-. The molecule has 0 radical (unpaired) electrons. The Morgan fingerprint density at radius 2 is 1.80 bits per heavy atom. The fourth-order valence-corrected chi connectivity index (χ4v) is 4.71. The molecule has 9 heteroatoms. The highest BCUT2D eigenvalue weighted by Crippen LogP contribution is 2.34. The average molecular weight is 480 g/mol. The summed E-state index contributed by atoms with van der Waals surface area (Å²) in [5, 5.41) is 29.9. The maximum atomic E-state index is 11.1. The first-order valence-electron chi connectivity index (χ1n) is 10.9. The van der Waals surface area contributed by atoms with E-state index in [0.717, 1.165) is 27.8 Å². The lowest BCUT2D eigenvalue weighted by molar-refractivity contribution is 0.401. The molecule has 0 spiro atoms. The number of nitrogens with one attached hydrogen (secondary N) is 1. The van der Waals surface area contributed by atoms with Crippen LogP contribution in [0, 0.1) is 18.3 Å². The largest absolute Gasteiger partial charge is 0.510 e. The van der Waals surface area contributed by atoms with Gasteiger partial charge < -0.3 is 10.1 Å². The number of imidazole rings is 1. The van der Waals surface area contributed by atoms with E-state index in [0.29, 0.717) is 16.8 Å². The summed E-state index contributed by atoms with van der Waals surface area (Å²) in [6.45, 7) is 3.85. The number of benzene rings is 2. The molecule has 2 N–H and O–H groups in total. The fourth-order valence-electron chi connectivity index (χ4n) is 3.79. The van der Waals surface area contributed by atoms with Gasteiger partial charge in [-0.2, -0.15) is 5.26 Å². The highest BCUT2D eigenvalue weighted by atomic mass is 32.2. The smallest absolute Gasteiger partial charge is 0.196 e. The monoisotopic (exact) mass is 479 g/mol. The molecule has 0 aliphatic rings. The van der Waals surface area contributed by atoms with Crippen molar-refractivity contribution < 1.29 is 5.11 Å². The van der Waals surface area contributed by atoms with Gasteiger partial charge in [-0.1, -0.05) is 42.1 Å². The van der Waals surface area contributed by atoms with Crippen LogP contribution in [-0.4, -0.2) is 40.1 Å². The normalized spacial score (nSPS) is 12.8. The zero-order valence-electron chi connectivity index (χ0n) is 19.0. The van der Waals surface area contributed by atoms with Gasteiger partial charge in [0.15, 0.2) is 16.8 Å². The van der Waals surface area contributed by atoms with Gasteiger partial charge in [0.2, 0.25) is 0 Å². The summed E-state index contributed by atoms with van der Waals surface area (Å²) in [6.07, 6.45) is 3.42. The van der Waals surface area contributed by atoms with Crippen molar-refractivity contribution in [3.8, 4) is 23.1 Å². The SMILES string of the molecule is Cc1ccccc1-n1c(SC(C)/C(O)=C(\C#N)c2nc3ccccc3[nH]2)nnc1-c1ccncc1. The molecule has 5 aromatic rings. The van der Waals surface area contributed by atoms with Crippen molar-refractivity contribution in [3.63, 3.8) is 0 Å². The number of pyridine rings is 1. The lowest BCUT2D eigenvalue weighted by Crippen LogP contribution is -2.08. The van der Waals surface area contributed by atoms with Crippen LogP contribution in [0.25, 0.3) is 33.7 Å². The number of para-hydroxylation sites is 3. The van der Waals surface area contributed by atoms with Crippen molar-refractivity contribution in [1.29, 1.82) is 5.26 Å². The molecule has 5 rings (SSSR count). The molecule has 172 valence electrons. The average Bonchev–Trinajstić information content (AvgIpc) is 3.49. The van der Waals surface area contributed by atoms with Gasteiger partial charge in [0, 0.05) is 18.0 Å². The predicted octanol–water partition coefficient (Wildman–Crippen LogP) is 5.49. The molecule has 0 aliphatic heterocycles. The number of H-pyrrole nitrogens is 1. The third kappa shape index (κ3) is 4.27. The number of aromatic nitrogens is 6. The molecular weight excluding hydrogens is 458 g/mol. The van der Waals surface area contributed by atoms with Crippen molar-refractivity contribution >= 4 is 28.4 Å². The van der Waals surface area contributed by atoms with Crippen molar-refractivity contribution in [2.24, 2.45) is 0 Å². The van der Waals surface area contributed by atoms with E-state index in [1.165, 1.54) is 11.8 Å². The quantitative estimate of drug-likeness (QED) is 0.188. The first kappa shape index (κ1) is 22.4. The van der Waals surface area contributed by atoms with Gasteiger partial charge in [-0.25, -0.2) is 4.98 Å². The summed E-state index contributed by atoms with van der Waals surface area (Å²) < 4.78 is 1.96. The Balaban J connectivity index is 1.56. The van der Waals surface area contributed by atoms with Crippen molar-refractivity contribution in [1.82, 2.24) is 29.7 Å². The number of fused-ring (bicyclic) bond motifs is 1. The molecular formula is C26H21N7OS. The Bertz CT molecular complexity index is 1550. The lowest BCUT2D eigenvalue weighted by Gasteiger charge is -2.15. The summed E-state index contributed by atoms with van der Waals surface area (Å²) in [4.78, 5) is 11.7. The highest BCUT2D eigenvalue weighted by Gasteiger charge is 2.24. The topological polar surface area (TPSA) is 116 Å². The molecule has 0 aliphatic carbocycles. The van der Waals surface area contributed by atoms with Gasteiger partial charge in [0.1, 0.15) is 17.4 Å². The van der Waals surface area contributed by atoms with Crippen LogP contribution in [0.5, 0.6) is 0 Å². The van der Waals surface area contributed by atoms with Crippen molar-refractivity contribution in [2.75, 3.05) is 0 Å². The minimum absolute atomic E-state index is 0.0821. The van der Waals surface area contributed by atoms with Crippen LogP contribution >= 0.6 is 11.8 Å². The second-order valence-electron chi connectivity index (χ2n) is 7.90. The molecule has 0 saturated heterocycles. The minimum Gasteiger partial charge on any atom is -0.510 e. The van der Waals surface area contributed by atoms with Gasteiger partial charge in [0.05, 0.1) is 22.0 Å². The zero-order valence-corrected chi connectivity index (χ0v) is 19.9. The maximum absolute atomic E-state index is 11.1. The summed E-state index contributed by atoms with van der Waals surface area (Å²) in [7, 11) is 0. The summed E-state index contributed by atoms with van der Waals surface area (Å²) in [5.74, 6) is 0.913. The van der Waals surface area contributed by atoms with Crippen LogP contribution in [0.4, 0.5) is 0 Å². The number of aliphatic hydroxyl groups is 1. The van der Waals surface area contributed by atoms with E-state index in [2.05, 4.69) is 31.2 Å². The molecule has 1 unspecified atom stereocenters. The summed E-state index contributed by atoms with van der Waals surface area (Å²) in [6, 6.07) is 21.3. The maximum Gasteiger partial charge on any atom is 0.196 e. The van der Waals surface area contributed by atoms with Gasteiger partial charge in [-0.15, -0.1) is 10.2 Å². The molecule has 0 fully saturated rings. The van der Waals surface area contributed by atoms with E-state index in [-0.39, 0.29) is 11.3 Å². The number of allylic oxidation sites excluding steroid dienone is 1. The van der Waals surface area contributed by atoms with Crippen LogP contribution < -0.4 is 0 Å². The Kier molecular flexibility index (Phi) is 6.04. The number of aromatic amines is 1. The third-order valence-corrected chi connectivity index (χ3v) is 6.64. The van der Waals surface area contributed by atoms with E-state index in [1.807, 2.05) is 79.1 Å². The molecule has 3 aromatic heterocycles. The molecule has 0 saturated carbocycles. The number of rotatable bonds is 6. The number of hydrogen-bond acceptors (Lipinski definition) is 7. The second kappa shape index (κ2) is 9.44. The summed E-state index contributed by atoms with van der Waals surface area (Å²) >= 11 is 1.32. The van der Waals surface area contributed by atoms with Crippen LogP contribution in [0.3, 0.4) is 0 Å². The van der Waals surface area contributed by atoms with Gasteiger partial charge >= 0.3 is 0 Å². The van der Waals surface area contributed by atoms with Gasteiger partial charge in [-0.3, -0.25) is 9.55 Å². The lowest BCUT2D eigenvalue weighted by atomic mass is 10.2. The predicted molar refractivity (Wildman–Crippen MR) is 136 cm³/mol. The van der Waals surface area contributed by atoms with E-state index in [9.17, 15) is 10.4 Å². The number of thioether (sulfide) groups is 1. The Morgan fingerprint density at radius 3 is 2.54 bits per heavy atom. The molecule has 2 aromatic carbocycles. The first-order valence-corrected chi connectivity index (χ1v) is 11.8. The molecule has 8 nitrogen and oxygen atoms in total. The van der Waals surface area contributed by atoms with Crippen molar-refractivity contribution in [3.05, 3.63) is 90.2 Å². The highest BCUT2D eigenvalue weighted by molar-refractivity contribution is 8.00. The van der Waals surface area contributed by atoms with Crippen LogP contribution in [-0.2, 0) is 0 Å². The molecule has 0 amide bonds. The Morgan fingerprint density at radius 1 is 1.06 bits per heavy atom.